The van der Waals surface area contributed by atoms with Gasteiger partial charge in [-0.15, -0.1) is 11.3 Å². The van der Waals surface area contributed by atoms with Crippen LogP contribution in [-0.2, 0) is 4.79 Å². The van der Waals surface area contributed by atoms with Gasteiger partial charge in [-0.2, -0.15) is 0 Å². The van der Waals surface area contributed by atoms with E-state index in [4.69, 9.17) is 0 Å². The third kappa shape index (κ3) is 3.16. The predicted octanol–water partition coefficient (Wildman–Crippen LogP) is 2.28. The normalized spacial score (nSPS) is 22.3. The average Bonchev–Trinajstić information content (AvgIpc) is 3.18. The van der Waals surface area contributed by atoms with Crippen LogP contribution in [0.5, 0.6) is 0 Å². The van der Waals surface area contributed by atoms with Gasteiger partial charge in [0.05, 0.1) is 16.6 Å². The lowest BCUT2D eigenvalue weighted by Gasteiger charge is -2.17. The van der Waals surface area contributed by atoms with Gasteiger partial charge in [0.25, 0.3) is 5.91 Å². The van der Waals surface area contributed by atoms with Crippen LogP contribution in [0.15, 0.2) is 0 Å². The molecule has 2 amide bonds. The molecule has 2 aliphatic rings. The number of nitrogens with zero attached hydrogens (tertiary/aromatic N) is 2. The zero-order valence-electron chi connectivity index (χ0n) is 13.2. The molecule has 1 unspecified atom stereocenters. The molecule has 120 valence electrons. The molecule has 0 spiro atoms. The molecule has 3 rings (SSSR count). The smallest absolute Gasteiger partial charge is 0.265 e. The van der Waals surface area contributed by atoms with Crippen LogP contribution in [0.1, 0.15) is 52.5 Å². The van der Waals surface area contributed by atoms with E-state index in [-0.39, 0.29) is 17.7 Å². The molecule has 1 aliphatic heterocycles. The molecule has 0 bridgehead atoms. The SMILES string of the molecule is Cc1nc(C)c(C(=O)N2CCC(C(=O)NC3CCCC3)C2)s1. The van der Waals surface area contributed by atoms with Gasteiger partial charge in [0.15, 0.2) is 0 Å². The summed E-state index contributed by atoms with van der Waals surface area (Å²) in [7, 11) is 0. The molecular weight excluding hydrogens is 298 g/mol. The summed E-state index contributed by atoms with van der Waals surface area (Å²) in [6.45, 7) is 4.99. The number of carbonyl (C=O) groups is 2. The van der Waals surface area contributed by atoms with E-state index in [2.05, 4.69) is 10.3 Å². The second kappa shape index (κ2) is 6.36. The number of carbonyl (C=O) groups excluding carboxylic acids is 2. The Morgan fingerprint density at radius 3 is 2.59 bits per heavy atom. The number of aryl methyl sites for hydroxylation is 2. The summed E-state index contributed by atoms with van der Waals surface area (Å²) in [6.07, 6.45) is 5.39. The maximum atomic E-state index is 12.6. The molecule has 1 aliphatic carbocycles. The Morgan fingerprint density at radius 2 is 1.95 bits per heavy atom. The van der Waals surface area contributed by atoms with E-state index in [0.29, 0.717) is 24.0 Å². The summed E-state index contributed by atoms with van der Waals surface area (Å²) in [5, 5.41) is 4.06. The number of likely N-dealkylation sites (tertiary alicyclic amines) is 1. The van der Waals surface area contributed by atoms with Crippen LogP contribution in [0.25, 0.3) is 0 Å². The minimum atomic E-state index is -0.0566. The second-order valence-electron chi connectivity index (χ2n) is 6.37. The Balaban J connectivity index is 1.58. The maximum Gasteiger partial charge on any atom is 0.265 e. The van der Waals surface area contributed by atoms with E-state index in [1.54, 1.807) is 4.90 Å². The van der Waals surface area contributed by atoms with Gasteiger partial charge in [-0.3, -0.25) is 9.59 Å². The molecule has 1 atom stereocenters. The van der Waals surface area contributed by atoms with Crippen molar-refractivity contribution in [2.24, 2.45) is 5.92 Å². The minimum Gasteiger partial charge on any atom is -0.353 e. The molecule has 0 radical (unpaired) electrons. The number of thiazole rings is 1. The van der Waals surface area contributed by atoms with Crippen molar-refractivity contribution in [2.75, 3.05) is 13.1 Å². The number of aromatic nitrogens is 1. The highest BCUT2D eigenvalue weighted by Gasteiger charge is 2.33. The molecule has 2 heterocycles. The number of hydrogen-bond donors (Lipinski definition) is 1. The maximum absolute atomic E-state index is 12.6. The summed E-state index contributed by atoms with van der Waals surface area (Å²) >= 11 is 1.44. The lowest BCUT2D eigenvalue weighted by atomic mass is 10.1. The number of amides is 2. The minimum absolute atomic E-state index is 0.0271. The van der Waals surface area contributed by atoms with Crippen LogP contribution >= 0.6 is 11.3 Å². The van der Waals surface area contributed by atoms with Crippen molar-refractivity contribution in [3.8, 4) is 0 Å². The molecule has 0 aromatic carbocycles. The lowest BCUT2D eigenvalue weighted by Crippen LogP contribution is -2.39. The first kappa shape index (κ1) is 15.5. The third-order valence-corrected chi connectivity index (χ3v) is 5.71. The molecule has 1 aromatic heterocycles. The third-order valence-electron chi connectivity index (χ3n) is 4.65. The highest BCUT2D eigenvalue weighted by atomic mass is 32.1. The molecule has 1 N–H and O–H groups in total. The van der Waals surface area contributed by atoms with Gasteiger partial charge in [0.1, 0.15) is 4.88 Å². The Bertz CT molecular complexity index is 578. The van der Waals surface area contributed by atoms with E-state index in [1.807, 2.05) is 13.8 Å². The molecule has 1 saturated carbocycles. The van der Waals surface area contributed by atoms with Crippen molar-refractivity contribution in [3.05, 3.63) is 15.6 Å². The number of rotatable bonds is 3. The fraction of sp³-hybridized carbons (Fsp3) is 0.688. The summed E-state index contributed by atoms with van der Waals surface area (Å²) in [4.78, 5) is 31.7. The van der Waals surface area contributed by atoms with Gasteiger partial charge < -0.3 is 10.2 Å². The molecule has 22 heavy (non-hydrogen) atoms. The average molecular weight is 321 g/mol. The Hall–Kier alpha value is -1.43. The van der Waals surface area contributed by atoms with Crippen molar-refractivity contribution >= 4 is 23.2 Å². The van der Waals surface area contributed by atoms with Crippen molar-refractivity contribution in [2.45, 2.75) is 52.0 Å². The van der Waals surface area contributed by atoms with Crippen LogP contribution in [0.3, 0.4) is 0 Å². The van der Waals surface area contributed by atoms with Gasteiger partial charge in [-0.25, -0.2) is 4.98 Å². The van der Waals surface area contributed by atoms with E-state index in [0.717, 1.165) is 30.0 Å². The quantitative estimate of drug-likeness (QED) is 0.929. The molecule has 6 heteroatoms. The lowest BCUT2D eigenvalue weighted by molar-refractivity contribution is -0.125. The topological polar surface area (TPSA) is 62.3 Å². The van der Waals surface area contributed by atoms with Gasteiger partial charge in [-0.05, 0) is 33.1 Å². The van der Waals surface area contributed by atoms with E-state index >= 15 is 0 Å². The van der Waals surface area contributed by atoms with Gasteiger partial charge >= 0.3 is 0 Å². The first-order chi connectivity index (χ1) is 10.5. The molecular formula is C16H23N3O2S. The Morgan fingerprint density at radius 1 is 1.23 bits per heavy atom. The second-order valence-corrected chi connectivity index (χ2v) is 7.58. The van der Waals surface area contributed by atoms with Gasteiger partial charge in [0, 0.05) is 19.1 Å². The summed E-state index contributed by atoms with van der Waals surface area (Å²) in [6, 6.07) is 0.351. The number of nitrogens with one attached hydrogen (secondary N) is 1. The van der Waals surface area contributed by atoms with Crippen molar-refractivity contribution in [3.63, 3.8) is 0 Å². The largest absolute Gasteiger partial charge is 0.353 e. The van der Waals surface area contributed by atoms with Crippen LogP contribution in [0.4, 0.5) is 0 Å². The summed E-state index contributed by atoms with van der Waals surface area (Å²) < 4.78 is 0. The highest BCUT2D eigenvalue weighted by molar-refractivity contribution is 7.13. The molecule has 1 aromatic rings. The van der Waals surface area contributed by atoms with Crippen LogP contribution < -0.4 is 5.32 Å². The zero-order chi connectivity index (χ0) is 15.7. The van der Waals surface area contributed by atoms with Crippen LogP contribution in [-0.4, -0.2) is 40.8 Å². The van der Waals surface area contributed by atoms with Gasteiger partial charge in [0.2, 0.25) is 5.91 Å². The molecule has 1 saturated heterocycles. The fourth-order valence-corrected chi connectivity index (χ4v) is 4.31. The van der Waals surface area contributed by atoms with Gasteiger partial charge in [-0.1, -0.05) is 12.8 Å². The first-order valence-corrected chi connectivity index (χ1v) is 8.90. The molecule has 5 nitrogen and oxygen atoms in total. The van der Waals surface area contributed by atoms with Crippen molar-refractivity contribution in [1.29, 1.82) is 0 Å². The Kier molecular flexibility index (Phi) is 4.47. The number of hydrogen-bond acceptors (Lipinski definition) is 4. The van der Waals surface area contributed by atoms with Crippen molar-refractivity contribution in [1.82, 2.24) is 15.2 Å². The fourth-order valence-electron chi connectivity index (χ4n) is 3.42. The first-order valence-electron chi connectivity index (χ1n) is 8.08. The van der Waals surface area contributed by atoms with E-state index in [1.165, 1.54) is 24.2 Å². The predicted molar refractivity (Wildman–Crippen MR) is 86.0 cm³/mol. The standard InChI is InChI=1S/C16H23N3O2S/c1-10-14(22-11(2)17-10)16(21)19-8-7-12(9-19)15(20)18-13-5-3-4-6-13/h12-13H,3-9H2,1-2H3,(H,18,20). The zero-order valence-corrected chi connectivity index (χ0v) is 14.0. The van der Waals surface area contributed by atoms with Crippen molar-refractivity contribution < 1.29 is 9.59 Å². The van der Waals surface area contributed by atoms with E-state index in [9.17, 15) is 9.59 Å². The summed E-state index contributed by atoms with van der Waals surface area (Å²) in [5.74, 6) is 0.0950. The van der Waals surface area contributed by atoms with Crippen LogP contribution in [0, 0.1) is 19.8 Å². The highest BCUT2D eigenvalue weighted by Crippen LogP contribution is 2.25. The monoisotopic (exact) mass is 321 g/mol. The summed E-state index contributed by atoms with van der Waals surface area (Å²) in [5.41, 5.74) is 0.798. The molecule has 2 fully saturated rings. The van der Waals surface area contributed by atoms with E-state index < -0.39 is 0 Å². The van der Waals surface area contributed by atoms with Crippen LogP contribution in [0.2, 0.25) is 0 Å². The Labute approximate surface area is 135 Å².